The summed E-state index contributed by atoms with van der Waals surface area (Å²) >= 11 is 6.07. The predicted molar refractivity (Wildman–Crippen MR) is 95.8 cm³/mol. The zero-order valence-electron chi connectivity index (χ0n) is 15.5. The molecule has 3 unspecified atom stereocenters. The van der Waals surface area contributed by atoms with E-state index in [1.807, 2.05) is 0 Å². The van der Waals surface area contributed by atoms with Gasteiger partial charge in [0.15, 0.2) is 6.23 Å². The number of rotatable bonds is 3. The molecule has 0 amide bonds. The summed E-state index contributed by atoms with van der Waals surface area (Å²) in [5.41, 5.74) is -3.07. The van der Waals surface area contributed by atoms with Crippen molar-refractivity contribution in [2.75, 3.05) is 12.0 Å². The van der Waals surface area contributed by atoms with Gasteiger partial charge in [-0.2, -0.15) is 13.2 Å². The van der Waals surface area contributed by atoms with Crippen LogP contribution in [0.5, 0.6) is 0 Å². The van der Waals surface area contributed by atoms with E-state index in [1.165, 1.54) is 6.92 Å². The molecule has 0 aliphatic carbocycles. The number of hydrogen-bond donors (Lipinski definition) is 3. The van der Waals surface area contributed by atoms with Gasteiger partial charge in [-0.25, -0.2) is 9.18 Å². The number of aliphatic hydroxyl groups is 2. The summed E-state index contributed by atoms with van der Waals surface area (Å²) in [4.78, 5) is 17.6. The largest absolute Gasteiger partial charge is 0.466 e. The highest BCUT2D eigenvalue weighted by molar-refractivity contribution is 6.34. The highest BCUT2D eigenvalue weighted by Crippen LogP contribution is 2.36. The van der Waals surface area contributed by atoms with E-state index in [0.29, 0.717) is 11.0 Å². The van der Waals surface area contributed by atoms with E-state index in [1.54, 1.807) is 5.32 Å². The molecular formula is C17H16ClF4N3O5. The van der Waals surface area contributed by atoms with Gasteiger partial charge in [0, 0.05) is 12.0 Å². The zero-order valence-corrected chi connectivity index (χ0v) is 16.3. The third kappa shape index (κ3) is 3.89. The van der Waals surface area contributed by atoms with Gasteiger partial charge >= 0.3 is 12.1 Å². The minimum absolute atomic E-state index is 0.0886. The summed E-state index contributed by atoms with van der Waals surface area (Å²) in [5, 5.41) is 25.5. The maximum atomic E-state index is 14.6. The van der Waals surface area contributed by atoms with Crippen molar-refractivity contribution >= 4 is 29.0 Å². The number of halogens is 5. The number of methoxy groups -OCH3 is 1. The molecule has 0 saturated carbocycles. The molecule has 2 heterocycles. The molecule has 3 atom stereocenters. The lowest BCUT2D eigenvalue weighted by Crippen LogP contribution is -2.56. The Bertz CT molecular complexity index is 939. The number of aliphatic hydroxyl groups excluding tert-OH is 2. The molecule has 2 aliphatic heterocycles. The summed E-state index contributed by atoms with van der Waals surface area (Å²) in [6.07, 6.45) is -8.68. The molecule has 0 bridgehead atoms. The number of hydrogen-bond acceptors (Lipinski definition) is 8. The Morgan fingerprint density at radius 1 is 1.43 bits per heavy atom. The number of carbonyl (C=O) groups is 1. The van der Waals surface area contributed by atoms with Gasteiger partial charge < -0.3 is 25.1 Å². The highest BCUT2D eigenvalue weighted by atomic mass is 35.5. The molecule has 3 rings (SSSR count). The van der Waals surface area contributed by atoms with Crippen LogP contribution < -0.4 is 10.2 Å². The predicted octanol–water partition coefficient (Wildman–Crippen LogP) is 1.99. The average molecular weight is 454 g/mol. The van der Waals surface area contributed by atoms with Crippen LogP contribution in [0, 0.1) is 5.82 Å². The SMILES string of the molecule is COC(=O)C1(C)CC(c2cc(N3C(O)C=C(C(F)(F)F)NC3O)c(F)cc2Cl)=NO1. The van der Waals surface area contributed by atoms with Crippen molar-refractivity contribution in [3.63, 3.8) is 0 Å². The average Bonchev–Trinajstić information content (AvgIpc) is 3.04. The van der Waals surface area contributed by atoms with Crippen molar-refractivity contribution in [3.8, 4) is 0 Å². The zero-order chi connectivity index (χ0) is 22.4. The fourth-order valence-electron chi connectivity index (χ4n) is 3.05. The van der Waals surface area contributed by atoms with Crippen molar-refractivity contribution in [1.82, 2.24) is 5.32 Å². The highest BCUT2D eigenvalue weighted by Gasteiger charge is 2.45. The summed E-state index contributed by atoms with van der Waals surface area (Å²) in [6, 6.07) is 1.91. The maximum Gasteiger partial charge on any atom is 0.430 e. The number of carbonyl (C=O) groups excluding carboxylic acids is 1. The van der Waals surface area contributed by atoms with Crippen LogP contribution in [0.25, 0.3) is 0 Å². The molecule has 0 aromatic heterocycles. The van der Waals surface area contributed by atoms with Crippen molar-refractivity contribution in [2.24, 2.45) is 5.16 Å². The number of ether oxygens (including phenoxy) is 1. The fraction of sp³-hybridized carbons (Fsp3) is 0.412. The Morgan fingerprint density at radius 3 is 2.67 bits per heavy atom. The standard InChI is InChI=1S/C17H16ClF4N3O5/c1-16(14(27)29-2)6-10(24-30-16)7-3-11(9(19)4-8(7)18)25-13(26)5-12(17(20,21)22)23-15(25)28/h3-5,13,15,23,26,28H,6H2,1-2H3. The van der Waals surface area contributed by atoms with Gasteiger partial charge in [-0.1, -0.05) is 16.8 Å². The summed E-state index contributed by atoms with van der Waals surface area (Å²) in [7, 11) is 1.16. The van der Waals surface area contributed by atoms with Crippen molar-refractivity contribution in [2.45, 2.75) is 37.7 Å². The monoisotopic (exact) mass is 453 g/mol. The lowest BCUT2D eigenvalue weighted by Gasteiger charge is -2.38. The number of nitrogens with zero attached hydrogens (tertiary/aromatic N) is 2. The van der Waals surface area contributed by atoms with E-state index in [2.05, 4.69) is 9.89 Å². The van der Waals surface area contributed by atoms with Gasteiger partial charge in [0.25, 0.3) is 0 Å². The van der Waals surface area contributed by atoms with Crippen LogP contribution in [0.2, 0.25) is 5.02 Å². The van der Waals surface area contributed by atoms with Crippen molar-refractivity contribution < 1.29 is 42.1 Å². The fourth-order valence-corrected chi connectivity index (χ4v) is 3.31. The number of benzene rings is 1. The van der Waals surface area contributed by atoms with Crippen LogP contribution in [-0.4, -0.2) is 53.4 Å². The number of allylic oxidation sites excluding steroid dienone is 1. The van der Waals surface area contributed by atoms with Crippen LogP contribution in [0.15, 0.2) is 29.1 Å². The second-order valence-corrected chi connectivity index (χ2v) is 7.14. The first-order chi connectivity index (χ1) is 13.9. The minimum Gasteiger partial charge on any atom is -0.466 e. The molecule has 0 spiro atoms. The van der Waals surface area contributed by atoms with E-state index >= 15 is 0 Å². The van der Waals surface area contributed by atoms with Crippen LogP contribution in [0.1, 0.15) is 18.9 Å². The smallest absolute Gasteiger partial charge is 0.430 e. The van der Waals surface area contributed by atoms with Crippen LogP contribution in [0.3, 0.4) is 0 Å². The van der Waals surface area contributed by atoms with Gasteiger partial charge in [-0.15, -0.1) is 0 Å². The van der Waals surface area contributed by atoms with Gasteiger partial charge in [0.05, 0.1) is 23.5 Å². The molecule has 0 radical (unpaired) electrons. The Labute approximate surface area is 172 Å². The number of anilines is 1. The van der Waals surface area contributed by atoms with E-state index in [4.69, 9.17) is 16.4 Å². The second-order valence-electron chi connectivity index (χ2n) is 6.73. The van der Waals surface area contributed by atoms with Crippen molar-refractivity contribution in [3.05, 3.63) is 40.3 Å². The van der Waals surface area contributed by atoms with E-state index in [9.17, 15) is 32.6 Å². The molecule has 8 nitrogen and oxygen atoms in total. The molecule has 0 fully saturated rings. The molecule has 2 aliphatic rings. The summed E-state index contributed by atoms with van der Waals surface area (Å²) in [6.45, 7) is 1.42. The van der Waals surface area contributed by atoms with Crippen molar-refractivity contribution in [1.29, 1.82) is 0 Å². The minimum atomic E-state index is -4.86. The molecule has 0 saturated heterocycles. The molecular weight excluding hydrogens is 438 g/mol. The number of alkyl halides is 3. The lowest BCUT2D eigenvalue weighted by molar-refractivity contribution is -0.164. The lowest BCUT2D eigenvalue weighted by atomic mass is 9.95. The van der Waals surface area contributed by atoms with Gasteiger partial charge in [0.1, 0.15) is 11.5 Å². The van der Waals surface area contributed by atoms with E-state index in [0.717, 1.165) is 19.2 Å². The molecule has 3 N–H and O–H groups in total. The van der Waals surface area contributed by atoms with Gasteiger partial charge in [-0.05, 0) is 25.1 Å². The molecule has 30 heavy (non-hydrogen) atoms. The normalized spacial score (nSPS) is 26.5. The first kappa shape index (κ1) is 22.1. The number of oxime groups is 1. The first-order valence-corrected chi connectivity index (χ1v) is 8.78. The molecule has 1 aromatic rings. The number of nitrogens with one attached hydrogen (secondary N) is 1. The van der Waals surface area contributed by atoms with Crippen LogP contribution >= 0.6 is 11.6 Å². The number of esters is 1. The quantitative estimate of drug-likeness (QED) is 0.475. The molecule has 1 aromatic carbocycles. The van der Waals surface area contributed by atoms with Crippen LogP contribution in [0.4, 0.5) is 23.2 Å². The Kier molecular flexibility index (Phi) is 5.60. The van der Waals surface area contributed by atoms with E-state index < -0.39 is 47.5 Å². The maximum absolute atomic E-state index is 14.6. The van der Waals surface area contributed by atoms with Crippen LogP contribution in [-0.2, 0) is 14.4 Å². The summed E-state index contributed by atoms with van der Waals surface area (Å²) < 4.78 is 57.8. The second kappa shape index (κ2) is 7.60. The molecule has 164 valence electrons. The Morgan fingerprint density at radius 2 is 2.10 bits per heavy atom. The Balaban J connectivity index is 1.97. The molecule has 13 heteroatoms. The summed E-state index contributed by atoms with van der Waals surface area (Å²) in [5.74, 6) is -1.74. The first-order valence-electron chi connectivity index (χ1n) is 8.40. The third-order valence-electron chi connectivity index (χ3n) is 4.56. The Hall–Kier alpha value is -2.57. The third-order valence-corrected chi connectivity index (χ3v) is 4.87. The van der Waals surface area contributed by atoms with Gasteiger partial charge in [0.2, 0.25) is 12.0 Å². The topological polar surface area (TPSA) is 104 Å². The van der Waals surface area contributed by atoms with Gasteiger partial charge in [-0.3, -0.25) is 4.90 Å². The van der Waals surface area contributed by atoms with E-state index in [-0.39, 0.29) is 22.7 Å².